The quantitative estimate of drug-likeness (QED) is 0.178. The molecule has 10 rings (SSSR count). The lowest BCUT2D eigenvalue weighted by atomic mass is 9.49. The minimum absolute atomic E-state index is 0.0242. The van der Waals surface area contributed by atoms with Gasteiger partial charge >= 0.3 is 0 Å². The Morgan fingerprint density at radius 3 is 2.25 bits per heavy atom. The van der Waals surface area contributed by atoms with Gasteiger partial charge in [0.2, 0.25) is 11.8 Å². The van der Waals surface area contributed by atoms with Gasteiger partial charge in [-0.05, 0) is 62.4 Å². The molecule has 7 atom stereocenters. The Bertz CT molecular complexity index is 2300. The van der Waals surface area contributed by atoms with Crippen molar-refractivity contribution in [2.45, 2.75) is 153 Å². The number of hydrogen-bond acceptors (Lipinski definition) is 14. The molecular weight excluding hydrogens is 932 g/mol. The number of carbonyl (C=O) groups excluding carboxylic acids is 2. The number of hydrogen-bond donors (Lipinski definition) is 5. The van der Waals surface area contributed by atoms with E-state index >= 15 is 0 Å². The number of nitrogens with one attached hydrogen (secondary N) is 5. The smallest absolute Gasteiger partial charge is 0.225 e. The number of halogens is 1. The molecule has 2 aromatic carbocycles. The minimum atomic E-state index is -0.313. The Hall–Kier alpha value is -3.50. The first-order valence-electron chi connectivity index (χ1n) is 26.9. The van der Waals surface area contributed by atoms with Gasteiger partial charge in [0.1, 0.15) is 24.2 Å². The van der Waals surface area contributed by atoms with Crippen molar-refractivity contribution in [2.75, 3.05) is 63.8 Å². The van der Waals surface area contributed by atoms with Gasteiger partial charge in [-0.2, -0.15) is 5.26 Å². The van der Waals surface area contributed by atoms with Crippen LogP contribution in [0.4, 0.5) is 5.69 Å². The Morgan fingerprint density at radius 1 is 0.930 bits per heavy atom. The summed E-state index contributed by atoms with van der Waals surface area (Å²) in [6.45, 7) is 25.6. The number of nitrogens with zero attached hydrogens (tertiary/aromatic N) is 7. The second kappa shape index (κ2) is 20.7. The number of ether oxygens (including phenoxy) is 1. The summed E-state index contributed by atoms with van der Waals surface area (Å²) in [6, 6.07) is 17.3. The molecule has 2 aliphatic carbocycles. The van der Waals surface area contributed by atoms with Crippen LogP contribution >= 0.6 is 23.4 Å². The van der Waals surface area contributed by atoms with Gasteiger partial charge in [-0.3, -0.25) is 39.9 Å². The van der Waals surface area contributed by atoms with Gasteiger partial charge in [-0.15, -0.1) is 11.8 Å². The molecule has 71 heavy (non-hydrogen) atoms. The molecule has 5 N–H and O–H groups in total. The highest BCUT2D eigenvalue weighted by atomic mass is 35.5. The topological polar surface area (TPSA) is 156 Å². The monoisotopic (exact) mass is 1010 g/mol. The van der Waals surface area contributed by atoms with Crippen molar-refractivity contribution in [3.63, 3.8) is 0 Å². The van der Waals surface area contributed by atoms with Gasteiger partial charge in [0.15, 0.2) is 0 Å². The van der Waals surface area contributed by atoms with Gasteiger partial charge in [0, 0.05) is 116 Å². The van der Waals surface area contributed by atoms with Crippen LogP contribution in [0.3, 0.4) is 0 Å². The van der Waals surface area contributed by atoms with Crippen molar-refractivity contribution in [2.24, 2.45) is 33.6 Å². The molecule has 386 valence electrons. The highest BCUT2D eigenvalue weighted by molar-refractivity contribution is 8.00. The van der Waals surface area contributed by atoms with E-state index in [9.17, 15) is 14.9 Å². The number of rotatable bonds is 12. The van der Waals surface area contributed by atoms with Crippen molar-refractivity contribution in [3.8, 4) is 11.8 Å². The largest absolute Gasteiger partial charge is 0.489 e. The predicted molar refractivity (Wildman–Crippen MR) is 283 cm³/mol. The number of thioether (sulfide) groups is 1. The van der Waals surface area contributed by atoms with E-state index in [-0.39, 0.29) is 76.7 Å². The zero-order valence-electron chi connectivity index (χ0n) is 43.3. The van der Waals surface area contributed by atoms with Crippen molar-refractivity contribution in [3.05, 3.63) is 58.6 Å². The van der Waals surface area contributed by atoms with E-state index < -0.39 is 0 Å². The van der Waals surface area contributed by atoms with Crippen molar-refractivity contribution >= 4 is 46.6 Å². The second-order valence-corrected chi connectivity index (χ2v) is 25.0. The van der Waals surface area contributed by atoms with Gasteiger partial charge in [-0.25, -0.2) is 10.4 Å². The zero-order chi connectivity index (χ0) is 49.9. The summed E-state index contributed by atoms with van der Waals surface area (Å²) in [6.07, 6.45) is 6.82. The first kappa shape index (κ1) is 51.0. The Balaban J connectivity index is 0.712. The molecule has 6 aliphatic heterocycles. The third kappa shape index (κ3) is 9.74. The molecule has 8 aliphatic rings. The molecule has 0 radical (unpaired) electrons. The summed E-state index contributed by atoms with van der Waals surface area (Å²) in [5.41, 5.74) is 7.41. The molecule has 6 unspecified atom stereocenters. The Kier molecular flexibility index (Phi) is 14.8. The van der Waals surface area contributed by atoms with Crippen LogP contribution in [0.2, 0.25) is 5.02 Å². The van der Waals surface area contributed by atoms with Crippen LogP contribution in [-0.2, 0) is 9.59 Å². The number of anilines is 1. The van der Waals surface area contributed by atoms with Gasteiger partial charge < -0.3 is 20.3 Å². The number of piperazine rings is 1. The standard InChI is InChI=1S/C54H79ClN12O3S/c1-9-57-44(68)26-43-47-62-67(39-13-11-10-12-14-39)34(4)66(47)49-45(32(2)33(3)71-49)46(60-43)35-15-18-38(19-16-35)65-30-40(31-65)63-21-23-64(24-22-63)52-58-28-37(29-59-52)48(69)61-50-53(5,6)51(54(50,7)8)70-41-20-17-36(27-56)42(55)25-41/h15-20,25,32-34,37,39-40,43,45,47,49-52,58-59,62H,9-14,21-24,26,28-31H2,1-8H3,(H,57,68)(H,61,69)/t32?,33?,34?,37?,43-,45?,47?,49?,50?,51?,52?/m0/s1. The molecule has 7 fully saturated rings. The van der Waals surface area contributed by atoms with Gasteiger partial charge in [0.25, 0.3) is 0 Å². The fourth-order valence-electron chi connectivity index (χ4n) is 14.0. The molecule has 2 amide bonds. The second-order valence-electron chi connectivity index (χ2n) is 23.1. The highest BCUT2D eigenvalue weighted by Gasteiger charge is 2.64. The highest BCUT2D eigenvalue weighted by Crippen LogP contribution is 2.56. The van der Waals surface area contributed by atoms with Crippen molar-refractivity contribution in [1.29, 1.82) is 5.26 Å². The molecule has 2 saturated carbocycles. The van der Waals surface area contributed by atoms with E-state index in [0.29, 0.717) is 65.6 Å². The molecule has 5 saturated heterocycles. The number of nitriles is 1. The van der Waals surface area contributed by atoms with E-state index in [1.165, 1.54) is 49.1 Å². The van der Waals surface area contributed by atoms with Crippen molar-refractivity contribution in [1.82, 2.24) is 46.4 Å². The summed E-state index contributed by atoms with van der Waals surface area (Å²) < 4.78 is 6.44. The van der Waals surface area contributed by atoms with Crippen LogP contribution in [0.1, 0.15) is 105 Å². The summed E-state index contributed by atoms with van der Waals surface area (Å²) in [4.78, 5) is 43.1. The number of amides is 2. The van der Waals surface area contributed by atoms with E-state index in [0.717, 1.165) is 39.3 Å². The molecular formula is C54H79ClN12O3S. The third-order valence-corrected chi connectivity index (χ3v) is 20.0. The molecule has 15 nitrogen and oxygen atoms in total. The van der Waals surface area contributed by atoms with E-state index in [4.69, 9.17) is 21.3 Å². The lowest BCUT2D eigenvalue weighted by molar-refractivity contribution is -0.174. The van der Waals surface area contributed by atoms with Crippen LogP contribution in [-0.4, -0.2) is 156 Å². The fourth-order valence-corrected chi connectivity index (χ4v) is 16.1. The normalized spacial score (nSPS) is 34.7. The molecule has 2 aromatic rings. The summed E-state index contributed by atoms with van der Waals surface area (Å²) in [5.74, 6) is 1.29. The van der Waals surface area contributed by atoms with Crippen LogP contribution < -0.4 is 36.3 Å². The molecule has 6 heterocycles. The van der Waals surface area contributed by atoms with Crippen molar-refractivity contribution < 1.29 is 14.3 Å². The van der Waals surface area contributed by atoms with E-state index in [1.54, 1.807) is 18.2 Å². The fraction of sp³-hybridized carbons (Fsp3) is 0.704. The average molecular weight is 1010 g/mol. The first-order valence-corrected chi connectivity index (χ1v) is 28.2. The maximum atomic E-state index is 13.7. The van der Waals surface area contributed by atoms with Gasteiger partial charge in [0.05, 0.1) is 46.7 Å². The van der Waals surface area contributed by atoms with Crippen LogP contribution in [0.25, 0.3) is 0 Å². The molecule has 0 spiro atoms. The Labute approximate surface area is 431 Å². The number of carbonyl (C=O) groups is 2. The first-order chi connectivity index (χ1) is 34.1. The summed E-state index contributed by atoms with van der Waals surface area (Å²) >= 11 is 8.41. The summed E-state index contributed by atoms with van der Waals surface area (Å²) in [5, 5.41) is 26.8. The third-order valence-electron chi connectivity index (χ3n) is 18.0. The number of aliphatic imine (C=N–C) groups is 1. The van der Waals surface area contributed by atoms with Crippen LogP contribution in [0.5, 0.6) is 5.75 Å². The van der Waals surface area contributed by atoms with Crippen LogP contribution in [0.15, 0.2) is 47.5 Å². The SMILES string of the molecule is CCNC(=O)C[C@@H]1N=C(c2ccc(N3CC(N4CCN(C5NCC(C(=O)NC6C(C)(C)C(Oc7ccc(C#N)c(Cl)c7)C6(C)C)CN5)CC4)C3)cc2)C2C(C)C(C)SC2N2C1NN(C1CCCCC1)C2C. The maximum absolute atomic E-state index is 13.7. The predicted octanol–water partition coefficient (Wildman–Crippen LogP) is 5.65. The van der Waals surface area contributed by atoms with E-state index in [1.807, 2.05) is 6.92 Å². The molecule has 0 aromatic heterocycles. The minimum Gasteiger partial charge on any atom is -0.489 e. The maximum Gasteiger partial charge on any atom is 0.225 e. The Morgan fingerprint density at radius 2 is 1.61 bits per heavy atom. The number of hydrazine groups is 1. The van der Waals surface area contributed by atoms with Gasteiger partial charge in [-0.1, -0.05) is 84.5 Å². The lowest BCUT2D eigenvalue weighted by Gasteiger charge is -2.63. The van der Waals surface area contributed by atoms with E-state index in [2.05, 4.69) is 142 Å². The van der Waals surface area contributed by atoms with Crippen LogP contribution in [0, 0.1) is 39.9 Å². The molecule has 0 bridgehead atoms. The lowest BCUT2D eigenvalue weighted by Crippen LogP contribution is -2.75. The number of fused-ring (bicyclic) bond motifs is 3. The average Bonchev–Trinajstić information content (AvgIpc) is 3.80. The summed E-state index contributed by atoms with van der Waals surface area (Å²) in [7, 11) is 0. The zero-order valence-corrected chi connectivity index (χ0v) is 44.9. The number of benzene rings is 2. The molecule has 17 heteroatoms.